The first-order chi connectivity index (χ1) is 5.88. The van der Waals surface area contributed by atoms with Crippen LogP contribution >= 0.6 is 0 Å². The fraction of sp³-hybridized carbons (Fsp3) is 1.00. The molecule has 0 aliphatic heterocycles. The van der Waals surface area contributed by atoms with Crippen LogP contribution in [0.5, 0.6) is 0 Å². The molecule has 1 atom stereocenters. The highest BCUT2D eigenvalue weighted by Gasteiger charge is 2.66. The first-order valence-electron chi connectivity index (χ1n) is 3.55. The second kappa shape index (κ2) is 4.40. The molecule has 7 heteroatoms. The summed E-state index contributed by atoms with van der Waals surface area (Å²) in [5.41, 5.74) is -3.73. The average molecular weight is 218 g/mol. The van der Waals surface area contributed by atoms with E-state index in [1.54, 1.807) is 0 Å². The standard InChI is InChI=1S/C6H13F3O3Si/c1-5(7)6(8,9)13(10-2,11-3)12-4/h5H,1-4H3. The van der Waals surface area contributed by atoms with Gasteiger partial charge in [0.05, 0.1) is 0 Å². The minimum absolute atomic E-state index is 0.735. The fourth-order valence-electron chi connectivity index (χ4n) is 0.902. The minimum Gasteiger partial charge on any atom is -0.373 e. The molecule has 0 bridgehead atoms. The zero-order valence-corrected chi connectivity index (χ0v) is 8.94. The van der Waals surface area contributed by atoms with Crippen LogP contribution < -0.4 is 0 Å². The lowest BCUT2D eigenvalue weighted by molar-refractivity contribution is -0.0729. The maximum Gasteiger partial charge on any atom is 0.577 e. The zero-order chi connectivity index (χ0) is 10.7. The molecule has 80 valence electrons. The van der Waals surface area contributed by atoms with Gasteiger partial charge in [-0.15, -0.1) is 0 Å². The predicted octanol–water partition coefficient (Wildman–Crippen LogP) is 1.40. The van der Waals surface area contributed by atoms with Crippen molar-refractivity contribution in [3.8, 4) is 0 Å². The lowest BCUT2D eigenvalue weighted by atomic mass is 10.5. The molecular formula is C6H13F3O3Si. The van der Waals surface area contributed by atoms with Gasteiger partial charge in [-0.1, -0.05) is 0 Å². The van der Waals surface area contributed by atoms with Crippen molar-refractivity contribution in [2.45, 2.75) is 18.6 Å². The molecule has 0 rings (SSSR count). The van der Waals surface area contributed by atoms with E-state index >= 15 is 0 Å². The van der Waals surface area contributed by atoms with Crippen LogP contribution in [-0.2, 0) is 13.3 Å². The third-order valence-corrected chi connectivity index (χ3v) is 4.54. The van der Waals surface area contributed by atoms with Crippen molar-refractivity contribution in [2.75, 3.05) is 21.3 Å². The van der Waals surface area contributed by atoms with Gasteiger partial charge in [-0.3, -0.25) is 0 Å². The Morgan fingerprint density at radius 1 is 1.08 bits per heavy atom. The van der Waals surface area contributed by atoms with Crippen LogP contribution in [0, 0.1) is 0 Å². The molecule has 0 spiro atoms. The summed E-state index contributed by atoms with van der Waals surface area (Å²) in [6, 6.07) is 0. The van der Waals surface area contributed by atoms with Gasteiger partial charge in [0.1, 0.15) is 0 Å². The van der Waals surface area contributed by atoms with Crippen LogP contribution in [0.15, 0.2) is 0 Å². The lowest BCUT2D eigenvalue weighted by Crippen LogP contribution is -2.62. The normalized spacial score (nSPS) is 15.9. The summed E-state index contributed by atoms with van der Waals surface area (Å²) < 4.78 is 52.3. The summed E-state index contributed by atoms with van der Waals surface area (Å²) >= 11 is 0. The van der Waals surface area contributed by atoms with E-state index in [-0.39, 0.29) is 0 Å². The van der Waals surface area contributed by atoms with Crippen LogP contribution in [0.3, 0.4) is 0 Å². The van der Waals surface area contributed by atoms with Crippen molar-refractivity contribution in [1.82, 2.24) is 0 Å². The molecule has 1 unspecified atom stereocenters. The smallest absolute Gasteiger partial charge is 0.373 e. The predicted molar refractivity (Wildman–Crippen MR) is 42.3 cm³/mol. The van der Waals surface area contributed by atoms with Gasteiger partial charge in [0.25, 0.3) is 0 Å². The van der Waals surface area contributed by atoms with Gasteiger partial charge in [-0.05, 0) is 6.92 Å². The quantitative estimate of drug-likeness (QED) is 0.653. The highest BCUT2D eigenvalue weighted by atomic mass is 28.4. The Hall–Kier alpha value is -0.113. The number of hydrogen-bond acceptors (Lipinski definition) is 3. The third kappa shape index (κ3) is 2.04. The molecule has 0 saturated heterocycles. The van der Waals surface area contributed by atoms with Gasteiger partial charge in [0.2, 0.25) is 0 Å². The Morgan fingerprint density at radius 2 is 1.38 bits per heavy atom. The van der Waals surface area contributed by atoms with Crippen LogP contribution in [0.2, 0.25) is 0 Å². The molecule has 0 aliphatic rings. The van der Waals surface area contributed by atoms with Crippen molar-refractivity contribution in [3.05, 3.63) is 0 Å². The van der Waals surface area contributed by atoms with E-state index in [1.807, 2.05) is 0 Å². The molecule has 0 saturated carbocycles. The largest absolute Gasteiger partial charge is 0.577 e. The Bertz CT molecular complexity index is 153. The van der Waals surface area contributed by atoms with E-state index in [9.17, 15) is 13.2 Å². The van der Waals surface area contributed by atoms with Gasteiger partial charge >= 0.3 is 14.4 Å². The van der Waals surface area contributed by atoms with Crippen molar-refractivity contribution >= 4 is 8.80 Å². The summed E-state index contributed by atoms with van der Waals surface area (Å²) in [6.07, 6.45) is -2.38. The molecule has 3 nitrogen and oxygen atoms in total. The van der Waals surface area contributed by atoms with E-state index < -0.39 is 20.5 Å². The Balaban J connectivity index is 4.91. The van der Waals surface area contributed by atoms with E-state index in [0.29, 0.717) is 0 Å². The average Bonchev–Trinajstić information content (AvgIpc) is 2.08. The molecule has 0 radical (unpaired) electrons. The molecule has 13 heavy (non-hydrogen) atoms. The van der Waals surface area contributed by atoms with Crippen molar-refractivity contribution < 1.29 is 26.4 Å². The van der Waals surface area contributed by atoms with E-state index in [0.717, 1.165) is 28.3 Å². The van der Waals surface area contributed by atoms with E-state index in [4.69, 9.17) is 0 Å². The first kappa shape index (κ1) is 12.9. The van der Waals surface area contributed by atoms with Gasteiger partial charge in [0, 0.05) is 21.3 Å². The Morgan fingerprint density at radius 3 is 1.46 bits per heavy atom. The lowest BCUT2D eigenvalue weighted by Gasteiger charge is -2.32. The van der Waals surface area contributed by atoms with E-state index in [1.165, 1.54) is 0 Å². The van der Waals surface area contributed by atoms with Crippen LogP contribution in [0.25, 0.3) is 0 Å². The second-order valence-corrected chi connectivity index (χ2v) is 5.41. The number of rotatable bonds is 5. The third-order valence-electron chi connectivity index (χ3n) is 1.71. The molecule has 0 aromatic carbocycles. The number of hydrogen-bond donors (Lipinski definition) is 0. The van der Waals surface area contributed by atoms with Crippen LogP contribution in [-0.4, -0.2) is 41.9 Å². The molecule has 0 heterocycles. The van der Waals surface area contributed by atoms with Crippen LogP contribution in [0.1, 0.15) is 6.92 Å². The zero-order valence-electron chi connectivity index (χ0n) is 7.94. The second-order valence-electron chi connectivity index (χ2n) is 2.41. The van der Waals surface area contributed by atoms with Crippen molar-refractivity contribution in [1.29, 1.82) is 0 Å². The summed E-state index contributed by atoms with van der Waals surface area (Å²) in [5, 5.41) is 0. The monoisotopic (exact) mass is 218 g/mol. The van der Waals surface area contributed by atoms with Crippen LogP contribution in [0.4, 0.5) is 13.2 Å². The SMILES string of the molecule is CO[Si](OC)(OC)C(F)(F)C(C)F. The molecule has 0 aliphatic carbocycles. The highest BCUT2D eigenvalue weighted by molar-refractivity contribution is 6.63. The first-order valence-corrected chi connectivity index (χ1v) is 5.27. The molecular weight excluding hydrogens is 205 g/mol. The highest BCUT2D eigenvalue weighted by Crippen LogP contribution is 2.33. The summed E-state index contributed by atoms with van der Waals surface area (Å²) in [5.74, 6) is 0. The van der Waals surface area contributed by atoms with Crippen molar-refractivity contribution in [2.24, 2.45) is 0 Å². The topological polar surface area (TPSA) is 27.7 Å². The van der Waals surface area contributed by atoms with Gasteiger partial charge in [-0.2, -0.15) is 8.78 Å². The Labute approximate surface area is 76.2 Å². The van der Waals surface area contributed by atoms with Gasteiger partial charge < -0.3 is 13.3 Å². The maximum absolute atomic E-state index is 13.2. The summed E-state index contributed by atoms with van der Waals surface area (Å²) in [4.78, 5) is 0. The maximum atomic E-state index is 13.2. The molecule has 0 amide bonds. The summed E-state index contributed by atoms with van der Waals surface area (Å²) in [6.45, 7) is 0.735. The minimum atomic E-state index is -4.22. The number of halogens is 3. The molecule has 0 fully saturated rings. The number of alkyl halides is 3. The summed E-state index contributed by atoms with van der Waals surface area (Å²) in [7, 11) is -1.19. The Kier molecular flexibility index (Phi) is 4.37. The van der Waals surface area contributed by atoms with Gasteiger partial charge in [-0.25, -0.2) is 4.39 Å². The van der Waals surface area contributed by atoms with E-state index in [2.05, 4.69) is 13.3 Å². The van der Waals surface area contributed by atoms with Gasteiger partial charge in [0.15, 0.2) is 6.17 Å². The van der Waals surface area contributed by atoms with Crippen molar-refractivity contribution in [3.63, 3.8) is 0 Å². The fourth-order valence-corrected chi connectivity index (χ4v) is 2.71. The molecule has 0 N–H and O–H groups in total. The molecule has 0 aromatic heterocycles. The molecule has 0 aromatic rings.